The van der Waals surface area contributed by atoms with Gasteiger partial charge in [-0.2, -0.15) is 0 Å². The number of ether oxygens (including phenoxy) is 3. The van der Waals surface area contributed by atoms with Gasteiger partial charge in [0.25, 0.3) is 5.91 Å². The van der Waals surface area contributed by atoms with E-state index >= 15 is 0 Å². The normalized spacial score (nSPS) is 11.1. The molecule has 2 rings (SSSR count). The number of carbonyl (C=O) groups excluding carboxylic acids is 3. The van der Waals surface area contributed by atoms with Gasteiger partial charge in [-0.3, -0.25) is 14.4 Å². The third-order valence-electron chi connectivity index (χ3n) is 4.14. The summed E-state index contributed by atoms with van der Waals surface area (Å²) in [5, 5.41) is 7.98. The number of benzene rings is 2. The second-order valence-electron chi connectivity index (χ2n) is 6.36. The second-order valence-corrected chi connectivity index (χ2v) is 6.36. The van der Waals surface area contributed by atoms with Gasteiger partial charge >= 0.3 is 0 Å². The standard InChI is InChI=1S/C21H25N3O6/c1-12(20(26)24-16-8-6-15(7-9-16)23-13(2)25)22-21(27)14-10-17(28-3)19(30-5)18(11-14)29-4/h6-12H,1-5H3,(H,22,27)(H,23,25)(H,24,26)/t12-/m0/s1. The largest absolute Gasteiger partial charge is 0.493 e. The average molecular weight is 415 g/mol. The SMILES string of the molecule is COc1cc(C(=O)N[C@@H](C)C(=O)Nc2ccc(NC(C)=O)cc2)cc(OC)c1OC. The molecule has 0 saturated heterocycles. The zero-order chi connectivity index (χ0) is 22.3. The molecule has 0 aliphatic heterocycles. The van der Waals surface area contributed by atoms with Crippen LogP contribution in [0.15, 0.2) is 36.4 Å². The van der Waals surface area contributed by atoms with Gasteiger partial charge in [0.1, 0.15) is 6.04 Å². The highest BCUT2D eigenvalue weighted by molar-refractivity contribution is 6.01. The smallest absolute Gasteiger partial charge is 0.252 e. The van der Waals surface area contributed by atoms with Crippen LogP contribution >= 0.6 is 0 Å². The number of amides is 3. The molecule has 0 unspecified atom stereocenters. The van der Waals surface area contributed by atoms with E-state index in [1.807, 2.05) is 0 Å². The molecule has 0 fully saturated rings. The Bertz CT molecular complexity index is 902. The van der Waals surface area contributed by atoms with Crippen molar-refractivity contribution in [3.63, 3.8) is 0 Å². The van der Waals surface area contributed by atoms with Crippen LogP contribution < -0.4 is 30.2 Å². The Morgan fingerprint density at radius 2 is 1.33 bits per heavy atom. The molecule has 0 heterocycles. The van der Waals surface area contributed by atoms with Crippen LogP contribution in [0.3, 0.4) is 0 Å². The van der Waals surface area contributed by atoms with E-state index in [1.54, 1.807) is 31.2 Å². The molecule has 9 nitrogen and oxygen atoms in total. The molecule has 0 radical (unpaired) electrons. The van der Waals surface area contributed by atoms with Crippen molar-refractivity contribution in [1.82, 2.24) is 5.32 Å². The summed E-state index contributed by atoms with van der Waals surface area (Å²) in [6.07, 6.45) is 0. The maximum absolute atomic E-state index is 12.6. The van der Waals surface area contributed by atoms with Crippen molar-refractivity contribution in [2.45, 2.75) is 19.9 Å². The van der Waals surface area contributed by atoms with Crippen LogP contribution in [0.25, 0.3) is 0 Å². The first kappa shape index (κ1) is 22.5. The van der Waals surface area contributed by atoms with Crippen molar-refractivity contribution < 1.29 is 28.6 Å². The van der Waals surface area contributed by atoms with E-state index in [0.717, 1.165) is 0 Å². The number of methoxy groups -OCH3 is 3. The molecule has 0 aliphatic carbocycles. The maximum atomic E-state index is 12.6. The van der Waals surface area contributed by atoms with Gasteiger partial charge < -0.3 is 30.2 Å². The van der Waals surface area contributed by atoms with Crippen molar-refractivity contribution >= 4 is 29.1 Å². The molecular formula is C21H25N3O6. The van der Waals surface area contributed by atoms with Crippen molar-refractivity contribution in [1.29, 1.82) is 0 Å². The average Bonchev–Trinajstić information content (AvgIpc) is 2.73. The Hall–Kier alpha value is -3.75. The van der Waals surface area contributed by atoms with Crippen LogP contribution in [0.2, 0.25) is 0 Å². The van der Waals surface area contributed by atoms with E-state index in [9.17, 15) is 14.4 Å². The van der Waals surface area contributed by atoms with E-state index in [0.29, 0.717) is 28.6 Å². The van der Waals surface area contributed by atoms with Crippen LogP contribution in [-0.2, 0) is 9.59 Å². The molecule has 9 heteroatoms. The minimum Gasteiger partial charge on any atom is -0.493 e. The van der Waals surface area contributed by atoms with Crippen molar-refractivity contribution in [2.24, 2.45) is 0 Å². The highest BCUT2D eigenvalue weighted by Crippen LogP contribution is 2.38. The lowest BCUT2D eigenvalue weighted by atomic mass is 10.1. The summed E-state index contributed by atoms with van der Waals surface area (Å²) in [6.45, 7) is 2.98. The highest BCUT2D eigenvalue weighted by Gasteiger charge is 2.20. The molecule has 1 atom stereocenters. The van der Waals surface area contributed by atoms with E-state index in [-0.39, 0.29) is 11.5 Å². The van der Waals surface area contributed by atoms with Gasteiger partial charge in [0.05, 0.1) is 21.3 Å². The zero-order valence-electron chi connectivity index (χ0n) is 17.5. The molecular weight excluding hydrogens is 390 g/mol. The third-order valence-corrected chi connectivity index (χ3v) is 4.14. The molecule has 3 amide bonds. The molecule has 0 bridgehead atoms. The second kappa shape index (κ2) is 10.1. The van der Waals surface area contributed by atoms with Crippen molar-refractivity contribution in [2.75, 3.05) is 32.0 Å². The maximum Gasteiger partial charge on any atom is 0.252 e. The monoisotopic (exact) mass is 415 g/mol. The number of anilines is 2. The van der Waals surface area contributed by atoms with Gasteiger partial charge in [-0.15, -0.1) is 0 Å². The Morgan fingerprint density at radius 1 is 0.833 bits per heavy atom. The molecule has 0 aromatic heterocycles. The minimum absolute atomic E-state index is 0.185. The van der Waals surface area contributed by atoms with Crippen LogP contribution in [0.5, 0.6) is 17.2 Å². The number of carbonyl (C=O) groups is 3. The van der Waals surface area contributed by atoms with Crippen LogP contribution in [0, 0.1) is 0 Å². The Balaban J connectivity index is 2.06. The molecule has 0 aliphatic rings. The lowest BCUT2D eigenvalue weighted by Gasteiger charge is -2.17. The van der Waals surface area contributed by atoms with Crippen LogP contribution in [-0.4, -0.2) is 45.1 Å². The van der Waals surface area contributed by atoms with Gasteiger partial charge in [0.15, 0.2) is 11.5 Å². The summed E-state index contributed by atoms with van der Waals surface area (Å²) in [4.78, 5) is 36.1. The van der Waals surface area contributed by atoms with E-state index < -0.39 is 17.9 Å². The number of rotatable bonds is 8. The molecule has 0 saturated carbocycles. The van der Waals surface area contributed by atoms with Gasteiger partial charge in [-0.25, -0.2) is 0 Å². The fraction of sp³-hybridized carbons (Fsp3) is 0.286. The molecule has 2 aromatic rings. The predicted molar refractivity (Wildman–Crippen MR) is 112 cm³/mol. The fourth-order valence-electron chi connectivity index (χ4n) is 2.65. The Morgan fingerprint density at radius 3 is 1.77 bits per heavy atom. The predicted octanol–water partition coefficient (Wildman–Crippen LogP) is 2.43. The quantitative estimate of drug-likeness (QED) is 0.610. The van der Waals surface area contributed by atoms with Gasteiger partial charge in [0, 0.05) is 23.9 Å². The van der Waals surface area contributed by atoms with Crippen molar-refractivity contribution in [3.8, 4) is 17.2 Å². The van der Waals surface area contributed by atoms with E-state index in [2.05, 4.69) is 16.0 Å². The highest BCUT2D eigenvalue weighted by atomic mass is 16.5. The zero-order valence-corrected chi connectivity index (χ0v) is 17.5. The topological polar surface area (TPSA) is 115 Å². The summed E-state index contributed by atoms with van der Waals surface area (Å²) >= 11 is 0. The number of hydrogen-bond donors (Lipinski definition) is 3. The molecule has 3 N–H and O–H groups in total. The lowest BCUT2D eigenvalue weighted by molar-refractivity contribution is -0.117. The summed E-state index contributed by atoms with van der Waals surface area (Å²) < 4.78 is 15.7. The number of hydrogen-bond acceptors (Lipinski definition) is 6. The summed E-state index contributed by atoms with van der Waals surface area (Å²) in [7, 11) is 4.37. The summed E-state index contributed by atoms with van der Waals surface area (Å²) in [5.74, 6) is -0.0299. The van der Waals surface area contributed by atoms with Crippen LogP contribution in [0.4, 0.5) is 11.4 Å². The Labute approximate surface area is 174 Å². The summed E-state index contributed by atoms with van der Waals surface area (Å²) in [6, 6.07) is 8.82. The first-order valence-corrected chi connectivity index (χ1v) is 9.08. The van der Waals surface area contributed by atoms with Gasteiger partial charge in [-0.1, -0.05) is 0 Å². The van der Waals surface area contributed by atoms with E-state index in [4.69, 9.17) is 14.2 Å². The Kier molecular flexibility index (Phi) is 7.62. The van der Waals surface area contributed by atoms with Gasteiger partial charge in [0.2, 0.25) is 17.6 Å². The lowest BCUT2D eigenvalue weighted by Crippen LogP contribution is -2.41. The van der Waals surface area contributed by atoms with E-state index in [1.165, 1.54) is 40.4 Å². The van der Waals surface area contributed by atoms with Crippen LogP contribution in [0.1, 0.15) is 24.2 Å². The fourth-order valence-corrected chi connectivity index (χ4v) is 2.65. The molecule has 160 valence electrons. The molecule has 30 heavy (non-hydrogen) atoms. The first-order chi connectivity index (χ1) is 14.3. The third kappa shape index (κ3) is 5.63. The van der Waals surface area contributed by atoms with Gasteiger partial charge in [-0.05, 0) is 43.3 Å². The molecule has 0 spiro atoms. The number of nitrogens with one attached hydrogen (secondary N) is 3. The summed E-state index contributed by atoms with van der Waals surface area (Å²) in [5.41, 5.74) is 1.40. The first-order valence-electron chi connectivity index (χ1n) is 9.08. The molecule has 2 aromatic carbocycles. The minimum atomic E-state index is -0.813. The van der Waals surface area contributed by atoms with Crippen molar-refractivity contribution in [3.05, 3.63) is 42.0 Å².